The summed E-state index contributed by atoms with van der Waals surface area (Å²) >= 11 is 0. The van der Waals surface area contributed by atoms with Gasteiger partial charge in [-0.05, 0) is 6.92 Å². The molecule has 5 nitrogen and oxygen atoms in total. The van der Waals surface area contributed by atoms with Crippen molar-refractivity contribution in [3.63, 3.8) is 0 Å². The summed E-state index contributed by atoms with van der Waals surface area (Å²) in [5.41, 5.74) is 0. The lowest BCUT2D eigenvalue weighted by Crippen LogP contribution is -2.45. The molecule has 96 valence electrons. The van der Waals surface area contributed by atoms with Gasteiger partial charge in [-0.3, -0.25) is 4.90 Å². The fourth-order valence-corrected chi connectivity index (χ4v) is 1.88. The molecule has 1 rings (SSSR count). The summed E-state index contributed by atoms with van der Waals surface area (Å²) in [5.74, 6) is 0. The van der Waals surface area contributed by atoms with E-state index in [1.165, 1.54) is 0 Å². The average molecular weight is 232 g/mol. The van der Waals surface area contributed by atoms with Gasteiger partial charge in [-0.15, -0.1) is 0 Å². The first-order valence-electron chi connectivity index (χ1n) is 5.87. The second kappa shape index (κ2) is 7.97. The van der Waals surface area contributed by atoms with E-state index in [9.17, 15) is 0 Å². The van der Waals surface area contributed by atoms with Crippen LogP contribution in [0.1, 0.15) is 6.92 Å². The van der Waals surface area contributed by atoms with E-state index in [2.05, 4.69) is 17.1 Å². The van der Waals surface area contributed by atoms with Crippen molar-refractivity contribution in [1.29, 1.82) is 0 Å². The maximum absolute atomic E-state index is 5.30. The zero-order valence-electron chi connectivity index (χ0n) is 10.6. The summed E-state index contributed by atoms with van der Waals surface area (Å²) in [6.45, 7) is 7.85. The van der Waals surface area contributed by atoms with Crippen molar-refractivity contribution in [2.24, 2.45) is 0 Å². The molecule has 1 heterocycles. The van der Waals surface area contributed by atoms with Gasteiger partial charge in [0.15, 0.2) is 6.29 Å². The molecule has 0 amide bonds. The molecular formula is C11H24N2O3. The molecule has 1 aliphatic rings. The highest BCUT2D eigenvalue weighted by molar-refractivity contribution is 4.68. The van der Waals surface area contributed by atoms with Crippen molar-refractivity contribution >= 4 is 0 Å². The minimum absolute atomic E-state index is 0.176. The first kappa shape index (κ1) is 13.9. The Bertz CT molecular complexity index is 171. The fourth-order valence-electron chi connectivity index (χ4n) is 1.88. The number of ether oxygens (including phenoxy) is 3. The third-order valence-corrected chi connectivity index (χ3v) is 2.87. The molecule has 5 heteroatoms. The largest absolute Gasteiger partial charge is 0.379 e. The van der Waals surface area contributed by atoms with Crippen molar-refractivity contribution in [2.75, 3.05) is 53.6 Å². The quantitative estimate of drug-likeness (QED) is 0.622. The second-order valence-electron chi connectivity index (χ2n) is 4.04. The van der Waals surface area contributed by atoms with Crippen LogP contribution in [0, 0.1) is 0 Å². The lowest BCUT2D eigenvalue weighted by atomic mass is 10.3. The van der Waals surface area contributed by atoms with Crippen LogP contribution in [0.5, 0.6) is 0 Å². The average Bonchev–Trinajstić information content (AvgIpc) is 2.32. The zero-order valence-corrected chi connectivity index (χ0v) is 10.6. The molecule has 16 heavy (non-hydrogen) atoms. The van der Waals surface area contributed by atoms with Crippen molar-refractivity contribution in [1.82, 2.24) is 10.2 Å². The number of hydrogen-bond acceptors (Lipinski definition) is 5. The van der Waals surface area contributed by atoms with Crippen molar-refractivity contribution in [3.05, 3.63) is 0 Å². The Morgan fingerprint density at radius 1 is 1.25 bits per heavy atom. The molecule has 0 aromatic heterocycles. The smallest absolute Gasteiger partial charge is 0.171 e. The number of hydrogen-bond donors (Lipinski definition) is 1. The number of nitrogens with one attached hydrogen (secondary N) is 1. The number of methoxy groups -OCH3 is 2. The Morgan fingerprint density at radius 2 is 1.88 bits per heavy atom. The molecule has 1 aliphatic heterocycles. The minimum Gasteiger partial charge on any atom is -0.379 e. The molecule has 0 aliphatic carbocycles. The lowest BCUT2D eigenvalue weighted by molar-refractivity contribution is -0.119. The highest BCUT2D eigenvalue weighted by Crippen LogP contribution is 1.99. The van der Waals surface area contributed by atoms with E-state index in [1.807, 2.05) is 0 Å². The van der Waals surface area contributed by atoms with Gasteiger partial charge in [0, 0.05) is 40.4 Å². The van der Waals surface area contributed by atoms with E-state index in [4.69, 9.17) is 14.2 Å². The summed E-state index contributed by atoms with van der Waals surface area (Å²) in [6, 6.07) is 0.205. The third kappa shape index (κ3) is 4.76. The summed E-state index contributed by atoms with van der Waals surface area (Å²) in [4.78, 5) is 2.40. The molecule has 1 saturated heterocycles. The van der Waals surface area contributed by atoms with Crippen molar-refractivity contribution in [3.8, 4) is 0 Å². The molecule has 0 spiro atoms. The highest BCUT2D eigenvalue weighted by Gasteiger charge is 2.15. The molecule has 0 aromatic carbocycles. The highest BCUT2D eigenvalue weighted by atomic mass is 16.7. The van der Waals surface area contributed by atoms with Crippen molar-refractivity contribution < 1.29 is 14.2 Å². The molecule has 0 aromatic rings. The Morgan fingerprint density at radius 3 is 2.44 bits per heavy atom. The molecule has 0 radical (unpaired) electrons. The van der Waals surface area contributed by atoms with Gasteiger partial charge in [-0.1, -0.05) is 0 Å². The third-order valence-electron chi connectivity index (χ3n) is 2.87. The van der Waals surface area contributed by atoms with Gasteiger partial charge in [0.05, 0.1) is 19.3 Å². The van der Waals surface area contributed by atoms with Crippen LogP contribution in [0.2, 0.25) is 0 Å². The monoisotopic (exact) mass is 232 g/mol. The van der Waals surface area contributed by atoms with E-state index < -0.39 is 0 Å². The molecule has 0 saturated carbocycles. The van der Waals surface area contributed by atoms with Gasteiger partial charge in [-0.2, -0.15) is 0 Å². The fraction of sp³-hybridized carbons (Fsp3) is 1.00. The maximum Gasteiger partial charge on any atom is 0.171 e. The zero-order chi connectivity index (χ0) is 11.8. The Labute approximate surface area is 98.0 Å². The van der Waals surface area contributed by atoms with E-state index in [-0.39, 0.29) is 12.3 Å². The molecular weight excluding hydrogens is 208 g/mol. The number of nitrogens with zero attached hydrogens (tertiary/aromatic N) is 1. The van der Waals surface area contributed by atoms with Crippen LogP contribution in [-0.4, -0.2) is 70.8 Å². The van der Waals surface area contributed by atoms with Gasteiger partial charge in [-0.25, -0.2) is 0 Å². The Hall–Kier alpha value is -0.200. The van der Waals surface area contributed by atoms with Crippen LogP contribution >= 0.6 is 0 Å². The second-order valence-corrected chi connectivity index (χ2v) is 4.04. The van der Waals surface area contributed by atoms with E-state index in [1.54, 1.807) is 14.2 Å². The van der Waals surface area contributed by atoms with Crippen LogP contribution < -0.4 is 5.32 Å². The summed E-state index contributed by atoms with van der Waals surface area (Å²) in [7, 11) is 3.32. The van der Waals surface area contributed by atoms with Crippen LogP contribution in [0.15, 0.2) is 0 Å². The topological polar surface area (TPSA) is 43.0 Å². The Balaban J connectivity index is 2.09. The van der Waals surface area contributed by atoms with Gasteiger partial charge >= 0.3 is 0 Å². The molecule has 0 bridgehead atoms. The molecule has 1 atom stereocenters. The predicted octanol–water partition coefficient (Wildman–Crippen LogP) is -0.0844. The van der Waals surface area contributed by atoms with Crippen LogP contribution in [-0.2, 0) is 14.2 Å². The number of morpholine rings is 1. The van der Waals surface area contributed by atoms with Crippen LogP contribution in [0.4, 0.5) is 0 Å². The minimum atomic E-state index is -0.176. The first-order chi connectivity index (χ1) is 7.77. The van der Waals surface area contributed by atoms with Crippen LogP contribution in [0.25, 0.3) is 0 Å². The maximum atomic E-state index is 5.30. The molecule has 1 N–H and O–H groups in total. The SMILES string of the molecule is COC(OC)C(C)NCCN1CCOCC1. The van der Waals surface area contributed by atoms with Gasteiger partial charge in [0.25, 0.3) is 0 Å². The van der Waals surface area contributed by atoms with E-state index in [0.717, 1.165) is 39.4 Å². The predicted molar refractivity (Wildman–Crippen MR) is 62.5 cm³/mol. The van der Waals surface area contributed by atoms with Gasteiger partial charge in [0.2, 0.25) is 0 Å². The number of rotatable bonds is 7. The van der Waals surface area contributed by atoms with E-state index >= 15 is 0 Å². The van der Waals surface area contributed by atoms with Crippen molar-refractivity contribution in [2.45, 2.75) is 19.3 Å². The van der Waals surface area contributed by atoms with Crippen LogP contribution in [0.3, 0.4) is 0 Å². The van der Waals surface area contributed by atoms with E-state index in [0.29, 0.717) is 0 Å². The standard InChI is InChI=1S/C11H24N2O3/c1-10(11(14-2)15-3)12-4-5-13-6-8-16-9-7-13/h10-12H,4-9H2,1-3H3. The Kier molecular flexibility index (Phi) is 6.91. The summed E-state index contributed by atoms with van der Waals surface area (Å²) < 4.78 is 15.7. The normalized spacial score (nSPS) is 20.2. The first-order valence-corrected chi connectivity index (χ1v) is 5.87. The molecule has 1 unspecified atom stereocenters. The molecule has 1 fully saturated rings. The summed E-state index contributed by atoms with van der Waals surface area (Å²) in [6.07, 6.45) is -0.176. The van der Waals surface area contributed by atoms with Gasteiger partial charge in [0.1, 0.15) is 0 Å². The summed E-state index contributed by atoms with van der Waals surface area (Å²) in [5, 5.41) is 3.40. The van der Waals surface area contributed by atoms with Gasteiger partial charge < -0.3 is 19.5 Å². The lowest BCUT2D eigenvalue weighted by Gasteiger charge is -2.28.